The molecule has 3 aromatic rings. The molecule has 0 bridgehead atoms. The molecular formula is C25H25ClO4Si. The maximum absolute atomic E-state index is 12.9. The minimum absolute atomic E-state index is 0.0755. The topological polar surface area (TPSA) is 52.6 Å². The highest BCUT2D eigenvalue weighted by atomic mass is 35.5. The molecule has 0 spiro atoms. The average molecular weight is 453 g/mol. The van der Waals surface area contributed by atoms with E-state index in [1.54, 1.807) is 18.2 Å². The maximum Gasteiger partial charge on any atom is 0.386 e. The van der Waals surface area contributed by atoms with Gasteiger partial charge in [-0.1, -0.05) is 104 Å². The molecule has 0 aliphatic heterocycles. The van der Waals surface area contributed by atoms with Crippen LogP contribution in [0.25, 0.3) is 0 Å². The van der Waals surface area contributed by atoms with Crippen molar-refractivity contribution in [2.75, 3.05) is 0 Å². The molecule has 160 valence electrons. The van der Waals surface area contributed by atoms with Crippen LogP contribution in [-0.4, -0.2) is 20.0 Å². The average Bonchev–Trinajstić information content (AvgIpc) is 2.78. The molecule has 31 heavy (non-hydrogen) atoms. The van der Waals surface area contributed by atoms with Crippen LogP contribution < -0.4 is 5.19 Å². The lowest BCUT2D eigenvalue weighted by Gasteiger charge is -2.36. The highest BCUT2D eigenvalue weighted by Crippen LogP contribution is 2.35. The van der Waals surface area contributed by atoms with Gasteiger partial charge < -0.3 is 0 Å². The van der Waals surface area contributed by atoms with Gasteiger partial charge in [-0.15, -0.1) is 0 Å². The van der Waals surface area contributed by atoms with Crippen molar-refractivity contribution >= 4 is 36.8 Å². The van der Waals surface area contributed by atoms with E-state index < -0.39 is 25.9 Å². The zero-order chi connectivity index (χ0) is 22.4. The first-order valence-electron chi connectivity index (χ1n) is 10.1. The minimum Gasteiger partial charge on any atom is -0.247 e. The second-order valence-corrected chi connectivity index (χ2v) is 13.1. The molecular weight excluding hydrogens is 428 g/mol. The van der Waals surface area contributed by atoms with Gasteiger partial charge in [0.2, 0.25) is 0 Å². The Morgan fingerprint density at radius 1 is 0.839 bits per heavy atom. The summed E-state index contributed by atoms with van der Waals surface area (Å²) in [6.45, 7) is 6.30. The van der Waals surface area contributed by atoms with E-state index in [0.29, 0.717) is 5.02 Å². The zero-order valence-corrected chi connectivity index (χ0v) is 19.5. The Hall–Kier alpha value is -2.89. The third-order valence-electron chi connectivity index (χ3n) is 5.59. The number of halogens is 1. The predicted molar refractivity (Wildman–Crippen MR) is 125 cm³/mol. The Kier molecular flexibility index (Phi) is 7.31. The summed E-state index contributed by atoms with van der Waals surface area (Å²) in [4.78, 5) is 35.0. The van der Waals surface area contributed by atoms with Crippen LogP contribution >= 0.6 is 11.6 Å². The predicted octanol–water partition coefficient (Wildman–Crippen LogP) is 5.53. The van der Waals surface area contributed by atoms with E-state index in [9.17, 15) is 9.59 Å². The number of hydrogen-bond donors (Lipinski definition) is 0. The van der Waals surface area contributed by atoms with E-state index >= 15 is 0 Å². The van der Waals surface area contributed by atoms with Crippen molar-refractivity contribution in [2.24, 2.45) is 5.92 Å². The van der Waals surface area contributed by atoms with E-state index in [1.165, 1.54) is 11.3 Å². The van der Waals surface area contributed by atoms with Gasteiger partial charge in [0, 0.05) is 5.02 Å². The van der Waals surface area contributed by atoms with Crippen molar-refractivity contribution in [3.63, 3.8) is 0 Å². The molecule has 0 saturated carbocycles. The zero-order valence-electron chi connectivity index (χ0n) is 17.7. The van der Waals surface area contributed by atoms with Crippen molar-refractivity contribution < 1.29 is 19.4 Å². The summed E-state index contributed by atoms with van der Waals surface area (Å²) in [7, 11) is -2.16. The second kappa shape index (κ2) is 9.94. The van der Waals surface area contributed by atoms with Crippen molar-refractivity contribution in [1.82, 2.24) is 0 Å². The summed E-state index contributed by atoms with van der Waals surface area (Å²) in [6.07, 6.45) is 0. The maximum atomic E-state index is 12.9. The van der Waals surface area contributed by atoms with Gasteiger partial charge >= 0.3 is 11.9 Å². The van der Waals surface area contributed by atoms with Gasteiger partial charge in [-0.2, -0.15) is 0 Å². The molecule has 0 amide bonds. The Bertz CT molecular complexity index is 1040. The third-order valence-corrected chi connectivity index (χ3v) is 10.0. The number of hydrogen-bond acceptors (Lipinski definition) is 4. The molecule has 6 heteroatoms. The monoisotopic (exact) mass is 452 g/mol. The quantitative estimate of drug-likeness (QED) is 0.280. The molecule has 0 heterocycles. The van der Waals surface area contributed by atoms with Gasteiger partial charge in [0.1, 0.15) is 0 Å². The van der Waals surface area contributed by atoms with Gasteiger partial charge in [-0.05, 0) is 29.3 Å². The van der Waals surface area contributed by atoms with Gasteiger partial charge in [0.05, 0.1) is 19.6 Å². The molecule has 0 N–H and O–H groups in total. The first-order chi connectivity index (χ1) is 14.8. The van der Waals surface area contributed by atoms with E-state index in [0.717, 1.165) is 5.56 Å². The van der Waals surface area contributed by atoms with Crippen LogP contribution in [0.4, 0.5) is 0 Å². The molecule has 0 aliphatic carbocycles. The molecule has 0 aromatic heterocycles. The van der Waals surface area contributed by atoms with Crippen LogP contribution in [0.5, 0.6) is 0 Å². The minimum atomic E-state index is -2.16. The summed E-state index contributed by atoms with van der Waals surface area (Å²) in [6, 6.07) is 26.5. The van der Waals surface area contributed by atoms with Crippen LogP contribution in [-0.2, 0) is 14.6 Å². The lowest BCUT2D eigenvalue weighted by Crippen LogP contribution is -2.51. The third kappa shape index (κ3) is 5.43. The first-order valence-corrected chi connectivity index (χ1v) is 13.5. The Morgan fingerprint density at radius 3 is 2.06 bits per heavy atom. The molecule has 0 aliphatic rings. The van der Waals surface area contributed by atoms with Gasteiger partial charge in [0.25, 0.3) is 0 Å². The fourth-order valence-electron chi connectivity index (χ4n) is 3.99. The lowest BCUT2D eigenvalue weighted by atomic mass is 10.0. The highest BCUT2D eigenvalue weighted by Gasteiger charge is 2.42. The van der Waals surface area contributed by atoms with Gasteiger partial charge in [-0.3, -0.25) is 0 Å². The van der Waals surface area contributed by atoms with Crippen molar-refractivity contribution in [3.8, 4) is 0 Å². The first kappa shape index (κ1) is 22.8. The van der Waals surface area contributed by atoms with Crippen LogP contribution in [0.2, 0.25) is 18.1 Å². The standard InChI is InChI=1S/C25H25ClO4Si/c1-18(24(27)29-30-25(28)20-13-10-14-21(26)17-20)23(19-11-6-4-7-12-19)31(2,3)22-15-8-5-9-16-22/h4-18,23H,1-3H3/t18-,23+/m1/s1. The molecule has 0 radical (unpaired) electrons. The highest BCUT2D eigenvalue weighted by molar-refractivity contribution is 6.91. The van der Waals surface area contributed by atoms with Gasteiger partial charge in [-0.25, -0.2) is 19.4 Å². The van der Waals surface area contributed by atoms with E-state index in [2.05, 4.69) is 25.2 Å². The molecule has 3 aromatic carbocycles. The van der Waals surface area contributed by atoms with Crippen LogP contribution in [0.15, 0.2) is 84.9 Å². The second-order valence-electron chi connectivity index (χ2n) is 8.05. The fraction of sp³-hybridized carbons (Fsp3) is 0.200. The SMILES string of the molecule is C[C@@H](C(=O)OOC(=O)c1cccc(Cl)c1)[C@@H](c1ccccc1)[Si](C)(C)c1ccccc1. The van der Waals surface area contributed by atoms with Crippen LogP contribution in [0.3, 0.4) is 0 Å². The number of carbonyl (C=O) groups excluding carboxylic acids is 2. The molecule has 4 nitrogen and oxygen atoms in total. The molecule has 0 saturated heterocycles. The van der Waals surface area contributed by atoms with Crippen LogP contribution in [0.1, 0.15) is 28.4 Å². The molecule has 2 atom stereocenters. The fourth-order valence-corrected chi connectivity index (χ4v) is 8.01. The number of carbonyl (C=O) groups is 2. The number of benzene rings is 3. The van der Waals surface area contributed by atoms with Crippen molar-refractivity contribution in [1.29, 1.82) is 0 Å². The van der Waals surface area contributed by atoms with E-state index in [1.807, 2.05) is 55.5 Å². The summed E-state index contributed by atoms with van der Waals surface area (Å²) in [5, 5.41) is 1.63. The molecule has 0 fully saturated rings. The van der Waals surface area contributed by atoms with E-state index in [-0.39, 0.29) is 11.1 Å². The summed E-state index contributed by atoms with van der Waals surface area (Å²) < 4.78 is 0. The Balaban J connectivity index is 1.82. The summed E-state index contributed by atoms with van der Waals surface area (Å²) in [5.74, 6) is -1.86. The lowest BCUT2D eigenvalue weighted by molar-refractivity contribution is -0.238. The summed E-state index contributed by atoms with van der Waals surface area (Å²) >= 11 is 5.91. The Labute approximate surface area is 188 Å². The Morgan fingerprint density at radius 2 is 1.45 bits per heavy atom. The normalized spacial score (nSPS) is 13.2. The molecule has 3 rings (SSSR count). The van der Waals surface area contributed by atoms with Crippen LogP contribution in [0, 0.1) is 5.92 Å². The van der Waals surface area contributed by atoms with Gasteiger partial charge in [0.15, 0.2) is 0 Å². The van der Waals surface area contributed by atoms with E-state index in [4.69, 9.17) is 21.4 Å². The largest absolute Gasteiger partial charge is 0.386 e. The van der Waals surface area contributed by atoms with Crippen molar-refractivity contribution in [3.05, 3.63) is 101 Å². The summed E-state index contributed by atoms with van der Waals surface area (Å²) in [5.41, 5.74) is 1.20. The number of rotatable bonds is 6. The smallest absolute Gasteiger partial charge is 0.247 e. The molecule has 0 unspecified atom stereocenters. The van der Waals surface area contributed by atoms with Crippen molar-refractivity contribution in [2.45, 2.75) is 25.6 Å².